The van der Waals surface area contributed by atoms with Crippen molar-refractivity contribution >= 4 is 49.1 Å². The van der Waals surface area contributed by atoms with E-state index < -0.39 is 0 Å². The number of aromatic nitrogens is 1. The highest BCUT2D eigenvalue weighted by Gasteiger charge is 2.02. The highest BCUT2D eigenvalue weighted by atomic mass is 79.9. The van der Waals surface area contributed by atoms with E-state index in [0.717, 1.165) is 21.4 Å². The lowest BCUT2D eigenvalue weighted by Gasteiger charge is -1.87. The van der Waals surface area contributed by atoms with Crippen LogP contribution < -0.4 is 0 Å². The molecule has 0 spiro atoms. The topological polar surface area (TPSA) is 12.9 Å². The zero-order valence-electron chi connectivity index (χ0n) is 6.76. The molecule has 0 saturated carbocycles. The van der Waals surface area contributed by atoms with Gasteiger partial charge in [0.2, 0.25) is 0 Å². The smallest absolute Gasteiger partial charge is 0.0950 e. The molecule has 1 heterocycles. The number of thiazole rings is 1. The molecule has 0 N–H and O–H groups in total. The number of alkyl halides is 1. The first-order chi connectivity index (χ1) is 6.29. The lowest BCUT2D eigenvalue weighted by Crippen LogP contribution is -1.82. The van der Waals surface area contributed by atoms with Gasteiger partial charge < -0.3 is 0 Å². The average Bonchev–Trinajstić information content (AvgIpc) is 2.46. The molecule has 0 bridgehead atoms. The number of benzene rings is 1. The Morgan fingerprint density at radius 2 is 2.31 bits per heavy atom. The maximum atomic E-state index is 5.65. The molecule has 1 aromatic heterocycles. The van der Waals surface area contributed by atoms with Crippen molar-refractivity contribution in [1.29, 1.82) is 0 Å². The number of rotatable bonds is 2. The minimum Gasteiger partial charge on any atom is -0.241 e. The number of fused-ring (bicyclic) bond motifs is 1. The van der Waals surface area contributed by atoms with Crippen LogP contribution in [0.4, 0.5) is 0 Å². The summed E-state index contributed by atoms with van der Waals surface area (Å²) in [6, 6.07) is 6.14. The van der Waals surface area contributed by atoms with E-state index in [9.17, 15) is 0 Å². The van der Waals surface area contributed by atoms with E-state index in [0.29, 0.717) is 5.88 Å². The molecule has 4 heteroatoms. The molecule has 0 aliphatic heterocycles. The molecule has 0 radical (unpaired) electrons. The van der Waals surface area contributed by atoms with Crippen LogP contribution >= 0.6 is 38.9 Å². The molecule has 0 fully saturated rings. The molecule has 0 saturated heterocycles. The Balaban J connectivity index is 2.49. The van der Waals surface area contributed by atoms with Gasteiger partial charge in [-0.25, -0.2) is 4.98 Å². The molecular formula is C9H7BrClNS. The Kier molecular flexibility index (Phi) is 2.86. The van der Waals surface area contributed by atoms with Crippen LogP contribution in [0, 0.1) is 0 Å². The first-order valence-electron chi connectivity index (χ1n) is 3.90. The molecule has 0 amide bonds. The van der Waals surface area contributed by atoms with Gasteiger partial charge in [0.05, 0.1) is 15.2 Å². The summed E-state index contributed by atoms with van der Waals surface area (Å²) in [5, 5.41) is 1.11. The van der Waals surface area contributed by atoms with Crippen LogP contribution in [0.3, 0.4) is 0 Å². The molecule has 0 unspecified atom stereocenters. The summed E-state index contributed by atoms with van der Waals surface area (Å²) in [6.45, 7) is 0. The quantitative estimate of drug-likeness (QED) is 0.760. The van der Waals surface area contributed by atoms with E-state index in [-0.39, 0.29) is 0 Å². The van der Waals surface area contributed by atoms with E-state index >= 15 is 0 Å². The van der Waals surface area contributed by atoms with Crippen molar-refractivity contribution in [3.63, 3.8) is 0 Å². The van der Waals surface area contributed by atoms with Crippen molar-refractivity contribution in [2.45, 2.75) is 6.42 Å². The van der Waals surface area contributed by atoms with Crippen LogP contribution in [0.15, 0.2) is 22.7 Å². The molecule has 0 aliphatic carbocycles. The summed E-state index contributed by atoms with van der Waals surface area (Å²) < 4.78 is 2.30. The second-order valence-corrected chi connectivity index (χ2v) is 5.07. The Labute approximate surface area is 93.9 Å². The SMILES string of the molecule is ClCCc1nc2cc(Br)ccc2s1. The van der Waals surface area contributed by atoms with Gasteiger partial charge in [-0.2, -0.15) is 0 Å². The fourth-order valence-electron chi connectivity index (χ4n) is 1.14. The van der Waals surface area contributed by atoms with Crippen LogP contribution in [-0.4, -0.2) is 10.9 Å². The van der Waals surface area contributed by atoms with Crippen LogP contribution in [-0.2, 0) is 6.42 Å². The van der Waals surface area contributed by atoms with Gasteiger partial charge in [0.15, 0.2) is 0 Å². The third-order valence-corrected chi connectivity index (χ3v) is 3.48. The standard InChI is InChI=1S/C9H7BrClNS/c10-6-1-2-8-7(5-6)12-9(13-8)3-4-11/h1-2,5H,3-4H2. The number of hydrogen-bond donors (Lipinski definition) is 0. The molecule has 2 aromatic rings. The van der Waals surface area contributed by atoms with Crippen LogP contribution in [0.5, 0.6) is 0 Å². The average molecular weight is 277 g/mol. The minimum absolute atomic E-state index is 0.640. The van der Waals surface area contributed by atoms with Crippen LogP contribution in [0.25, 0.3) is 10.2 Å². The maximum absolute atomic E-state index is 5.65. The number of nitrogens with zero attached hydrogens (tertiary/aromatic N) is 1. The zero-order chi connectivity index (χ0) is 9.26. The summed E-state index contributed by atoms with van der Waals surface area (Å²) in [6.07, 6.45) is 0.860. The van der Waals surface area contributed by atoms with Crippen LogP contribution in [0.1, 0.15) is 5.01 Å². The van der Waals surface area contributed by atoms with Gasteiger partial charge in [-0.15, -0.1) is 22.9 Å². The molecule has 2 rings (SSSR count). The zero-order valence-corrected chi connectivity index (χ0v) is 9.92. The van der Waals surface area contributed by atoms with Crippen molar-refractivity contribution in [3.05, 3.63) is 27.7 Å². The van der Waals surface area contributed by atoms with Crippen molar-refractivity contribution in [2.75, 3.05) is 5.88 Å². The third-order valence-electron chi connectivity index (χ3n) is 1.70. The van der Waals surface area contributed by atoms with Crippen molar-refractivity contribution in [1.82, 2.24) is 4.98 Å². The molecule has 0 aliphatic rings. The fraction of sp³-hybridized carbons (Fsp3) is 0.222. The summed E-state index contributed by atoms with van der Waals surface area (Å²) >= 11 is 10.8. The largest absolute Gasteiger partial charge is 0.241 e. The third kappa shape index (κ3) is 2.03. The van der Waals surface area contributed by atoms with E-state index in [2.05, 4.69) is 27.0 Å². The van der Waals surface area contributed by atoms with Gasteiger partial charge >= 0.3 is 0 Å². The molecule has 0 atom stereocenters. The normalized spacial score (nSPS) is 10.9. The van der Waals surface area contributed by atoms with Crippen molar-refractivity contribution in [2.24, 2.45) is 0 Å². The first kappa shape index (κ1) is 9.44. The predicted molar refractivity (Wildman–Crippen MR) is 61.7 cm³/mol. The Morgan fingerprint density at radius 1 is 1.46 bits per heavy atom. The fourth-order valence-corrected chi connectivity index (χ4v) is 2.72. The molecule has 1 aromatic carbocycles. The number of halogens is 2. The first-order valence-corrected chi connectivity index (χ1v) is 6.05. The van der Waals surface area contributed by atoms with Crippen molar-refractivity contribution in [3.8, 4) is 0 Å². The predicted octanol–water partition coefficient (Wildman–Crippen LogP) is 3.84. The van der Waals surface area contributed by atoms with Gasteiger partial charge in [0.1, 0.15) is 0 Å². The summed E-state index contributed by atoms with van der Waals surface area (Å²) in [4.78, 5) is 4.47. The van der Waals surface area contributed by atoms with E-state index in [1.165, 1.54) is 4.70 Å². The number of hydrogen-bond acceptors (Lipinski definition) is 2. The van der Waals surface area contributed by atoms with Crippen molar-refractivity contribution < 1.29 is 0 Å². The van der Waals surface area contributed by atoms with Gasteiger partial charge in [0, 0.05) is 16.8 Å². The monoisotopic (exact) mass is 275 g/mol. The second-order valence-electron chi connectivity index (χ2n) is 2.66. The molecular weight excluding hydrogens is 270 g/mol. The second kappa shape index (κ2) is 3.95. The lowest BCUT2D eigenvalue weighted by atomic mass is 10.3. The Morgan fingerprint density at radius 3 is 3.08 bits per heavy atom. The Hall–Kier alpha value is -0.120. The maximum Gasteiger partial charge on any atom is 0.0950 e. The van der Waals surface area contributed by atoms with Crippen LogP contribution in [0.2, 0.25) is 0 Å². The lowest BCUT2D eigenvalue weighted by molar-refractivity contribution is 1.12. The summed E-state index contributed by atoms with van der Waals surface area (Å²) in [5.74, 6) is 0.640. The summed E-state index contributed by atoms with van der Waals surface area (Å²) in [5.41, 5.74) is 1.06. The van der Waals surface area contributed by atoms with E-state index in [4.69, 9.17) is 11.6 Å². The van der Waals surface area contributed by atoms with Gasteiger partial charge in [0.25, 0.3) is 0 Å². The van der Waals surface area contributed by atoms with E-state index in [1.807, 2.05) is 12.1 Å². The van der Waals surface area contributed by atoms with Gasteiger partial charge in [-0.05, 0) is 18.2 Å². The van der Waals surface area contributed by atoms with E-state index in [1.54, 1.807) is 11.3 Å². The number of aryl methyl sites for hydroxylation is 1. The molecule has 68 valence electrons. The highest BCUT2D eigenvalue weighted by molar-refractivity contribution is 9.10. The molecule has 13 heavy (non-hydrogen) atoms. The minimum atomic E-state index is 0.640. The highest BCUT2D eigenvalue weighted by Crippen LogP contribution is 2.25. The molecule has 1 nitrogen and oxygen atoms in total. The Bertz CT molecular complexity index is 426. The summed E-state index contributed by atoms with van der Waals surface area (Å²) in [7, 11) is 0. The van der Waals surface area contributed by atoms with Gasteiger partial charge in [-0.1, -0.05) is 15.9 Å². The van der Waals surface area contributed by atoms with Gasteiger partial charge in [-0.3, -0.25) is 0 Å².